The molecule has 1 heterocycles. The normalized spacial score (nSPS) is 11.1. The van der Waals surface area contributed by atoms with Gasteiger partial charge in [-0.1, -0.05) is 29.8 Å². The predicted octanol–water partition coefficient (Wildman–Crippen LogP) is 5.70. The van der Waals surface area contributed by atoms with Crippen LogP contribution in [0.25, 0.3) is 10.6 Å². The third-order valence-electron chi connectivity index (χ3n) is 3.74. The number of thiazole rings is 1. The van der Waals surface area contributed by atoms with Crippen LogP contribution in [0.2, 0.25) is 5.02 Å². The quantitative estimate of drug-likeness (QED) is 0.450. The zero-order chi connectivity index (χ0) is 18.4. The molecule has 0 bridgehead atoms. The standard InChI is InChI=1S/C20H21ClN2OS2/c1-23(2)11-12-24-17-4-3-5-18(19(17)20-22-10-13-25-20)26-14-15-6-8-16(21)9-7-15/h3-10,13H,11-12,14H2,1-2H3. The Morgan fingerprint density at radius 3 is 2.65 bits per heavy atom. The van der Waals surface area contributed by atoms with Crippen LogP contribution in [-0.4, -0.2) is 37.1 Å². The minimum absolute atomic E-state index is 0.649. The molecule has 6 heteroatoms. The number of ether oxygens (including phenoxy) is 1. The first-order valence-electron chi connectivity index (χ1n) is 8.31. The highest BCUT2D eigenvalue weighted by atomic mass is 35.5. The summed E-state index contributed by atoms with van der Waals surface area (Å²) in [5.74, 6) is 1.76. The van der Waals surface area contributed by atoms with Crippen LogP contribution in [0.15, 0.2) is 58.9 Å². The van der Waals surface area contributed by atoms with E-state index in [1.165, 1.54) is 10.5 Å². The summed E-state index contributed by atoms with van der Waals surface area (Å²) in [6.07, 6.45) is 1.84. The summed E-state index contributed by atoms with van der Waals surface area (Å²) in [6.45, 7) is 1.52. The van der Waals surface area contributed by atoms with E-state index in [2.05, 4.69) is 28.1 Å². The molecule has 1 aromatic heterocycles. The van der Waals surface area contributed by atoms with Crippen LogP contribution in [-0.2, 0) is 5.75 Å². The highest BCUT2D eigenvalue weighted by Crippen LogP contribution is 2.40. The molecule has 0 N–H and O–H groups in total. The Bertz CT molecular complexity index is 820. The number of rotatable bonds is 8. The Hall–Kier alpha value is -1.53. The van der Waals surface area contributed by atoms with Crippen LogP contribution < -0.4 is 4.74 Å². The molecule has 0 aliphatic rings. The molecule has 3 rings (SSSR count). The molecule has 26 heavy (non-hydrogen) atoms. The van der Waals surface area contributed by atoms with Gasteiger partial charge >= 0.3 is 0 Å². The zero-order valence-corrected chi connectivity index (χ0v) is 17.2. The van der Waals surface area contributed by atoms with E-state index in [1.807, 2.05) is 49.9 Å². The highest BCUT2D eigenvalue weighted by molar-refractivity contribution is 7.98. The van der Waals surface area contributed by atoms with Gasteiger partial charge in [0, 0.05) is 33.8 Å². The minimum Gasteiger partial charge on any atom is -0.491 e. The van der Waals surface area contributed by atoms with Crippen molar-refractivity contribution in [3.8, 4) is 16.3 Å². The van der Waals surface area contributed by atoms with Crippen LogP contribution in [0.4, 0.5) is 0 Å². The average Bonchev–Trinajstić information content (AvgIpc) is 3.15. The van der Waals surface area contributed by atoms with E-state index >= 15 is 0 Å². The summed E-state index contributed by atoms with van der Waals surface area (Å²) in [7, 11) is 4.09. The van der Waals surface area contributed by atoms with E-state index in [9.17, 15) is 0 Å². The predicted molar refractivity (Wildman–Crippen MR) is 113 cm³/mol. The fourth-order valence-corrected chi connectivity index (χ4v) is 4.31. The van der Waals surface area contributed by atoms with E-state index in [0.717, 1.165) is 33.6 Å². The van der Waals surface area contributed by atoms with Crippen molar-refractivity contribution < 1.29 is 4.74 Å². The van der Waals surface area contributed by atoms with Gasteiger partial charge in [0.15, 0.2) is 0 Å². The molecule has 0 spiro atoms. The summed E-state index contributed by atoms with van der Waals surface area (Å²) in [6, 6.07) is 14.2. The maximum atomic E-state index is 6.07. The number of aromatic nitrogens is 1. The summed E-state index contributed by atoms with van der Waals surface area (Å²) in [4.78, 5) is 7.81. The lowest BCUT2D eigenvalue weighted by Gasteiger charge is -2.15. The van der Waals surface area contributed by atoms with E-state index < -0.39 is 0 Å². The highest BCUT2D eigenvalue weighted by Gasteiger charge is 2.15. The van der Waals surface area contributed by atoms with Gasteiger partial charge in [0.2, 0.25) is 0 Å². The molecule has 0 amide bonds. The first-order chi connectivity index (χ1) is 12.6. The largest absolute Gasteiger partial charge is 0.491 e. The van der Waals surface area contributed by atoms with Crippen molar-refractivity contribution in [1.82, 2.24) is 9.88 Å². The lowest BCUT2D eigenvalue weighted by atomic mass is 10.2. The van der Waals surface area contributed by atoms with Crippen molar-refractivity contribution in [1.29, 1.82) is 0 Å². The Morgan fingerprint density at radius 2 is 1.96 bits per heavy atom. The van der Waals surface area contributed by atoms with Crippen LogP contribution in [0.3, 0.4) is 0 Å². The number of nitrogens with zero attached hydrogens (tertiary/aromatic N) is 2. The van der Waals surface area contributed by atoms with Gasteiger partial charge in [0.05, 0.1) is 5.56 Å². The molecule has 0 aliphatic heterocycles. The molecule has 0 saturated heterocycles. The molecule has 136 valence electrons. The number of thioether (sulfide) groups is 1. The van der Waals surface area contributed by atoms with Crippen LogP contribution >= 0.6 is 34.7 Å². The number of likely N-dealkylation sites (N-methyl/N-ethyl adjacent to an activating group) is 1. The number of hydrogen-bond acceptors (Lipinski definition) is 5. The number of benzene rings is 2. The molecule has 0 atom stereocenters. The molecule has 0 radical (unpaired) electrons. The van der Waals surface area contributed by atoms with Crippen molar-refractivity contribution in [3.05, 3.63) is 64.6 Å². The fourth-order valence-electron chi connectivity index (χ4n) is 2.39. The third kappa shape index (κ3) is 5.24. The first kappa shape index (κ1) is 19.2. The van der Waals surface area contributed by atoms with Crippen molar-refractivity contribution in [3.63, 3.8) is 0 Å². The molecule has 2 aromatic carbocycles. The molecule has 0 saturated carbocycles. The molecule has 0 unspecified atom stereocenters. The van der Waals surface area contributed by atoms with Gasteiger partial charge in [0.1, 0.15) is 17.4 Å². The van der Waals surface area contributed by atoms with Gasteiger partial charge in [-0.3, -0.25) is 0 Å². The molecular formula is C20H21ClN2OS2. The maximum Gasteiger partial charge on any atom is 0.130 e. The smallest absolute Gasteiger partial charge is 0.130 e. The summed E-state index contributed by atoms with van der Waals surface area (Å²) in [5, 5.41) is 3.75. The van der Waals surface area contributed by atoms with Crippen molar-refractivity contribution in [2.75, 3.05) is 27.2 Å². The first-order valence-corrected chi connectivity index (χ1v) is 10.6. The molecule has 0 aliphatic carbocycles. The zero-order valence-electron chi connectivity index (χ0n) is 14.8. The topological polar surface area (TPSA) is 25.4 Å². The minimum atomic E-state index is 0.649. The van der Waals surface area contributed by atoms with Gasteiger partial charge < -0.3 is 9.64 Å². The molecule has 3 nitrogen and oxygen atoms in total. The lowest BCUT2D eigenvalue weighted by molar-refractivity contribution is 0.262. The second-order valence-electron chi connectivity index (χ2n) is 6.03. The average molecular weight is 405 g/mol. The Balaban J connectivity index is 1.82. The summed E-state index contributed by atoms with van der Waals surface area (Å²) < 4.78 is 6.07. The van der Waals surface area contributed by atoms with Crippen molar-refractivity contribution in [2.45, 2.75) is 10.6 Å². The summed E-state index contributed by atoms with van der Waals surface area (Å²) >= 11 is 9.41. The Kier molecular flexibility index (Phi) is 6.97. The van der Waals surface area contributed by atoms with Gasteiger partial charge in [-0.25, -0.2) is 4.98 Å². The SMILES string of the molecule is CN(C)CCOc1cccc(SCc2ccc(Cl)cc2)c1-c1nccs1. The number of halogens is 1. The monoisotopic (exact) mass is 404 g/mol. The Morgan fingerprint density at radius 1 is 1.15 bits per heavy atom. The van der Waals surface area contributed by atoms with Gasteiger partial charge in [-0.15, -0.1) is 23.1 Å². The van der Waals surface area contributed by atoms with Crippen LogP contribution in [0.1, 0.15) is 5.56 Å². The van der Waals surface area contributed by atoms with E-state index in [4.69, 9.17) is 16.3 Å². The molecular weight excluding hydrogens is 384 g/mol. The second-order valence-corrected chi connectivity index (χ2v) is 8.38. The number of hydrogen-bond donors (Lipinski definition) is 0. The second kappa shape index (κ2) is 9.42. The van der Waals surface area contributed by atoms with Gasteiger partial charge in [0.25, 0.3) is 0 Å². The van der Waals surface area contributed by atoms with Crippen LogP contribution in [0.5, 0.6) is 5.75 Å². The molecule has 0 fully saturated rings. The van der Waals surface area contributed by atoms with Gasteiger partial charge in [-0.2, -0.15) is 0 Å². The van der Waals surface area contributed by atoms with E-state index in [-0.39, 0.29) is 0 Å². The fraction of sp³-hybridized carbons (Fsp3) is 0.250. The van der Waals surface area contributed by atoms with Crippen molar-refractivity contribution in [2.24, 2.45) is 0 Å². The van der Waals surface area contributed by atoms with Crippen LogP contribution in [0, 0.1) is 0 Å². The van der Waals surface area contributed by atoms with Gasteiger partial charge in [-0.05, 0) is 43.9 Å². The lowest BCUT2D eigenvalue weighted by Crippen LogP contribution is -2.19. The Labute approximate surface area is 168 Å². The van der Waals surface area contributed by atoms with Crippen molar-refractivity contribution >= 4 is 34.7 Å². The molecule has 3 aromatic rings. The van der Waals surface area contributed by atoms with E-state index in [0.29, 0.717) is 6.61 Å². The maximum absolute atomic E-state index is 6.07. The summed E-state index contributed by atoms with van der Waals surface area (Å²) in [5.41, 5.74) is 2.32. The van der Waals surface area contributed by atoms with E-state index in [1.54, 1.807) is 23.1 Å². The third-order valence-corrected chi connectivity index (χ3v) is 5.91.